The highest BCUT2D eigenvalue weighted by Gasteiger charge is 2.16. The Morgan fingerprint density at radius 1 is 1.41 bits per heavy atom. The highest BCUT2D eigenvalue weighted by Crippen LogP contribution is 2.15. The molecule has 17 heavy (non-hydrogen) atoms. The molecule has 0 amide bonds. The summed E-state index contributed by atoms with van der Waals surface area (Å²) in [6.45, 7) is 8.01. The first-order valence-corrected chi connectivity index (χ1v) is 6.29. The van der Waals surface area contributed by atoms with Crippen molar-refractivity contribution in [2.75, 3.05) is 44.8 Å². The van der Waals surface area contributed by atoms with Crippen molar-refractivity contribution in [1.29, 1.82) is 0 Å². The molecule has 0 unspecified atom stereocenters. The van der Waals surface area contributed by atoms with Gasteiger partial charge in [-0.05, 0) is 13.3 Å². The smallest absolute Gasteiger partial charge is 0.205 e. The number of nitrogens with one attached hydrogen (secondary N) is 1. The van der Waals surface area contributed by atoms with E-state index >= 15 is 0 Å². The van der Waals surface area contributed by atoms with Gasteiger partial charge in [-0.25, -0.2) is 4.98 Å². The molecule has 0 aromatic carbocycles. The average molecular weight is 238 g/mol. The van der Waals surface area contributed by atoms with Crippen LogP contribution in [0.25, 0.3) is 0 Å². The third-order valence-corrected chi connectivity index (χ3v) is 3.02. The zero-order valence-electron chi connectivity index (χ0n) is 10.8. The molecule has 1 saturated heterocycles. The maximum atomic E-state index is 5.10. The number of aromatic nitrogens is 2. The topological polar surface area (TPSA) is 42.3 Å². The second-order valence-corrected chi connectivity index (χ2v) is 4.46. The SMILES string of the molecule is COCCCn1cc(C)nc1N1CCNCC1. The van der Waals surface area contributed by atoms with Gasteiger partial charge in [-0.15, -0.1) is 0 Å². The molecular weight excluding hydrogens is 216 g/mol. The Bertz CT molecular complexity index is 344. The lowest BCUT2D eigenvalue weighted by Gasteiger charge is -2.28. The van der Waals surface area contributed by atoms with Crippen molar-refractivity contribution < 1.29 is 4.74 Å². The molecule has 0 atom stereocenters. The van der Waals surface area contributed by atoms with E-state index in [1.54, 1.807) is 7.11 Å². The summed E-state index contributed by atoms with van der Waals surface area (Å²) >= 11 is 0. The predicted octanol–water partition coefficient (Wildman–Crippen LogP) is 0.638. The first kappa shape index (κ1) is 12.4. The molecule has 0 saturated carbocycles. The van der Waals surface area contributed by atoms with Gasteiger partial charge in [-0.2, -0.15) is 0 Å². The van der Waals surface area contributed by atoms with Crippen LogP contribution in [-0.2, 0) is 11.3 Å². The minimum absolute atomic E-state index is 0.804. The van der Waals surface area contributed by atoms with E-state index in [1.807, 2.05) is 0 Å². The van der Waals surface area contributed by atoms with E-state index in [0.717, 1.165) is 57.4 Å². The van der Waals surface area contributed by atoms with Crippen LogP contribution in [0.5, 0.6) is 0 Å². The molecule has 1 aromatic heterocycles. The fraction of sp³-hybridized carbons (Fsp3) is 0.750. The molecule has 1 aliphatic heterocycles. The van der Waals surface area contributed by atoms with Crippen molar-refractivity contribution in [3.8, 4) is 0 Å². The Labute approximate surface area is 103 Å². The molecule has 0 spiro atoms. The molecule has 1 fully saturated rings. The third-order valence-electron chi connectivity index (χ3n) is 3.02. The van der Waals surface area contributed by atoms with Crippen LogP contribution in [-0.4, -0.2) is 49.4 Å². The van der Waals surface area contributed by atoms with Gasteiger partial charge < -0.3 is 19.5 Å². The molecule has 0 aliphatic carbocycles. The minimum atomic E-state index is 0.804. The van der Waals surface area contributed by atoms with Crippen molar-refractivity contribution in [3.63, 3.8) is 0 Å². The number of hydrogen-bond donors (Lipinski definition) is 1. The first-order valence-electron chi connectivity index (χ1n) is 6.29. The van der Waals surface area contributed by atoms with E-state index in [4.69, 9.17) is 4.74 Å². The van der Waals surface area contributed by atoms with Gasteiger partial charge in [0.1, 0.15) is 0 Å². The summed E-state index contributed by atoms with van der Waals surface area (Å²) in [6.07, 6.45) is 3.17. The summed E-state index contributed by atoms with van der Waals surface area (Å²) in [4.78, 5) is 6.99. The zero-order valence-corrected chi connectivity index (χ0v) is 10.8. The molecular formula is C12H22N4O. The number of imidazole rings is 1. The number of rotatable bonds is 5. The largest absolute Gasteiger partial charge is 0.385 e. The van der Waals surface area contributed by atoms with Crippen LogP contribution >= 0.6 is 0 Å². The fourth-order valence-corrected chi connectivity index (χ4v) is 2.20. The van der Waals surface area contributed by atoms with Crippen LogP contribution in [0.3, 0.4) is 0 Å². The second kappa shape index (κ2) is 6.02. The van der Waals surface area contributed by atoms with Gasteiger partial charge in [0.15, 0.2) is 0 Å². The van der Waals surface area contributed by atoms with Crippen molar-refractivity contribution in [1.82, 2.24) is 14.9 Å². The van der Waals surface area contributed by atoms with Gasteiger partial charge in [0.2, 0.25) is 5.95 Å². The molecule has 1 N–H and O–H groups in total. The highest BCUT2D eigenvalue weighted by molar-refractivity contribution is 5.34. The molecule has 1 aliphatic rings. The summed E-state index contributed by atoms with van der Waals surface area (Å²) in [6, 6.07) is 0. The minimum Gasteiger partial charge on any atom is -0.385 e. The van der Waals surface area contributed by atoms with Crippen molar-refractivity contribution in [2.24, 2.45) is 0 Å². The standard InChI is InChI=1S/C12H22N4O/c1-11-10-16(6-3-9-17-2)12(14-11)15-7-4-13-5-8-15/h10,13H,3-9H2,1-2H3. The maximum absolute atomic E-state index is 5.10. The quantitative estimate of drug-likeness (QED) is 0.764. The monoisotopic (exact) mass is 238 g/mol. The Morgan fingerprint density at radius 2 is 2.18 bits per heavy atom. The van der Waals surface area contributed by atoms with E-state index in [2.05, 4.69) is 32.9 Å². The number of aryl methyl sites for hydroxylation is 2. The van der Waals surface area contributed by atoms with Crippen LogP contribution < -0.4 is 10.2 Å². The van der Waals surface area contributed by atoms with Crippen molar-refractivity contribution >= 4 is 5.95 Å². The molecule has 1 aromatic rings. The van der Waals surface area contributed by atoms with Gasteiger partial charge in [-0.1, -0.05) is 0 Å². The number of nitrogens with zero attached hydrogens (tertiary/aromatic N) is 3. The number of methoxy groups -OCH3 is 1. The van der Waals surface area contributed by atoms with Gasteiger partial charge in [0.25, 0.3) is 0 Å². The lowest BCUT2D eigenvalue weighted by molar-refractivity contribution is 0.190. The molecule has 5 heteroatoms. The third kappa shape index (κ3) is 3.20. The zero-order chi connectivity index (χ0) is 12.1. The summed E-state index contributed by atoms with van der Waals surface area (Å²) in [7, 11) is 1.75. The summed E-state index contributed by atoms with van der Waals surface area (Å²) < 4.78 is 7.35. The molecule has 0 radical (unpaired) electrons. The summed E-state index contributed by atoms with van der Waals surface area (Å²) in [5.74, 6) is 1.11. The number of hydrogen-bond acceptors (Lipinski definition) is 4. The van der Waals surface area contributed by atoms with Gasteiger partial charge in [-0.3, -0.25) is 0 Å². The van der Waals surface area contributed by atoms with E-state index in [-0.39, 0.29) is 0 Å². The molecule has 0 bridgehead atoms. The van der Waals surface area contributed by atoms with Crippen LogP contribution in [0, 0.1) is 6.92 Å². The van der Waals surface area contributed by atoms with Gasteiger partial charge >= 0.3 is 0 Å². The predicted molar refractivity (Wildman–Crippen MR) is 68.5 cm³/mol. The van der Waals surface area contributed by atoms with Crippen LogP contribution in [0.15, 0.2) is 6.20 Å². The Balaban J connectivity index is 2.03. The number of ether oxygens (including phenoxy) is 1. The van der Waals surface area contributed by atoms with Crippen molar-refractivity contribution in [2.45, 2.75) is 19.9 Å². The Morgan fingerprint density at radius 3 is 2.88 bits per heavy atom. The second-order valence-electron chi connectivity index (χ2n) is 4.46. The van der Waals surface area contributed by atoms with Crippen LogP contribution in [0.2, 0.25) is 0 Å². The highest BCUT2D eigenvalue weighted by atomic mass is 16.5. The maximum Gasteiger partial charge on any atom is 0.205 e. The molecule has 2 heterocycles. The van der Waals surface area contributed by atoms with E-state index < -0.39 is 0 Å². The van der Waals surface area contributed by atoms with E-state index in [1.165, 1.54) is 0 Å². The first-order chi connectivity index (χ1) is 8.31. The Kier molecular flexibility index (Phi) is 4.39. The van der Waals surface area contributed by atoms with E-state index in [0.29, 0.717) is 0 Å². The average Bonchev–Trinajstić information content (AvgIpc) is 2.72. The number of anilines is 1. The lowest BCUT2D eigenvalue weighted by atomic mass is 10.4. The van der Waals surface area contributed by atoms with Crippen molar-refractivity contribution in [3.05, 3.63) is 11.9 Å². The van der Waals surface area contributed by atoms with Crippen LogP contribution in [0.1, 0.15) is 12.1 Å². The molecule has 2 rings (SSSR count). The van der Waals surface area contributed by atoms with E-state index in [9.17, 15) is 0 Å². The number of piperazine rings is 1. The van der Waals surface area contributed by atoms with Crippen LogP contribution in [0.4, 0.5) is 5.95 Å². The van der Waals surface area contributed by atoms with Gasteiger partial charge in [0.05, 0.1) is 5.69 Å². The fourth-order valence-electron chi connectivity index (χ4n) is 2.20. The van der Waals surface area contributed by atoms with Gasteiger partial charge in [0, 0.05) is 52.6 Å². The Hall–Kier alpha value is -1.07. The summed E-state index contributed by atoms with van der Waals surface area (Å²) in [5.41, 5.74) is 1.09. The lowest BCUT2D eigenvalue weighted by Crippen LogP contribution is -2.44. The summed E-state index contributed by atoms with van der Waals surface area (Å²) in [5, 5.41) is 3.36. The molecule has 5 nitrogen and oxygen atoms in total. The molecule has 96 valence electrons. The normalized spacial score (nSPS) is 16.5.